The Labute approximate surface area is 70.4 Å². The van der Waals surface area contributed by atoms with Crippen molar-refractivity contribution in [1.82, 2.24) is 0 Å². The van der Waals surface area contributed by atoms with Crippen molar-refractivity contribution in [2.24, 2.45) is 5.92 Å². The first kappa shape index (κ1) is 10.5. The third kappa shape index (κ3) is 6.65. The highest BCUT2D eigenvalue weighted by Gasteiger charge is 2.07. The number of hydrogen-bond donors (Lipinski definition) is 0. The van der Waals surface area contributed by atoms with E-state index >= 15 is 0 Å². The summed E-state index contributed by atoms with van der Waals surface area (Å²) in [5, 5.41) is 1.54. The molecule has 0 heterocycles. The molecule has 0 saturated heterocycles. The van der Waals surface area contributed by atoms with Gasteiger partial charge in [0, 0.05) is 0 Å². The van der Waals surface area contributed by atoms with E-state index in [9.17, 15) is 0 Å². The normalized spacial score (nSPS) is 13.2. The number of hydrogen-bond acceptors (Lipinski definition) is 0. The van der Waals surface area contributed by atoms with Crippen LogP contribution in [-0.2, 0) is 0 Å². The molecule has 0 aliphatic heterocycles. The Kier molecular flexibility index (Phi) is 6.59. The van der Waals surface area contributed by atoms with Gasteiger partial charge in [0.05, 0.1) is 0 Å². The van der Waals surface area contributed by atoms with Crippen molar-refractivity contribution < 1.29 is 0 Å². The third-order valence-electron chi connectivity index (χ3n) is 1.92. The molecule has 0 N–H and O–H groups in total. The van der Waals surface area contributed by atoms with Crippen LogP contribution in [0.4, 0.5) is 0 Å². The molecular formula is C9H21Al. The Morgan fingerprint density at radius 3 is 2.30 bits per heavy atom. The zero-order valence-electron chi connectivity index (χ0n) is 7.98. The van der Waals surface area contributed by atoms with Crippen molar-refractivity contribution in [3.8, 4) is 0 Å². The molecule has 0 aromatic rings. The van der Waals surface area contributed by atoms with Crippen LogP contribution in [0.1, 0.15) is 33.1 Å². The van der Waals surface area contributed by atoms with E-state index in [1.165, 1.54) is 19.3 Å². The Morgan fingerprint density at radius 2 is 1.90 bits per heavy atom. The van der Waals surface area contributed by atoms with Crippen LogP contribution in [0.3, 0.4) is 0 Å². The molecule has 10 heavy (non-hydrogen) atoms. The minimum absolute atomic E-state index is 0.271. The lowest BCUT2D eigenvalue weighted by molar-refractivity contribution is 0.546. The van der Waals surface area contributed by atoms with Gasteiger partial charge in [-0.15, -0.1) is 11.6 Å². The maximum atomic E-state index is 2.45. The van der Waals surface area contributed by atoms with Gasteiger partial charge < -0.3 is 0 Å². The van der Waals surface area contributed by atoms with Crippen LogP contribution in [0, 0.1) is 5.92 Å². The van der Waals surface area contributed by atoms with E-state index in [0.29, 0.717) is 0 Å². The monoisotopic (exact) mass is 156 g/mol. The summed E-state index contributed by atoms with van der Waals surface area (Å²) in [6.45, 7) is 4.68. The molecule has 0 saturated carbocycles. The molecule has 0 aromatic heterocycles. The Bertz CT molecular complexity index is 69.1. The highest BCUT2D eigenvalue weighted by molar-refractivity contribution is 6.55. The molecule has 0 bridgehead atoms. The van der Waals surface area contributed by atoms with E-state index in [-0.39, 0.29) is 14.1 Å². The second kappa shape index (κ2) is 6.26. The minimum atomic E-state index is -0.271. The first-order valence-corrected chi connectivity index (χ1v) is 7.79. The lowest BCUT2D eigenvalue weighted by atomic mass is 10.1. The Balaban J connectivity index is 3.16. The molecule has 0 radical (unpaired) electrons. The minimum Gasteiger partial charge on any atom is -0.106 e. The van der Waals surface area contributed by atoms with E-state index in [4.69, 9.17) is 0 Å². The zero-order valence-corrected chi connectivity index (χ0v) is 9.14. The van der Waals surface area contributed by atoms with Gasteiger partial charge in [-0.05, 0) is 0 Å². The highest BCUT2D eigenvalue weighted by atomic mass is 27.2. The SMILES string of the molecule is CCCCC(C)[CH2][Al]([CH3])[CH3]. The van der Waals surface area contributed by atoms with Crippen molar-refractivity contribution in [3.05, 3.63) is 0 Å². The Hall–Kier alpha value is 0.532. The number of unbranched alkanes of at least 4 members (excludes halogenated alkanes) is 1. The molecule has 1 atom stereocenters. The molecule has 0 spiro atoms. The van der Waals surface area contributed by atoms with Crippen molar-refractivity contribution in [1.29, 1.82) is 0 Å². The summed E-state index contributed by atoms with van der Waals surface area (Å²) in [6.07, 6.45) is 4.26. The average Bonchev–Trinajstić information content (AvgIpc) is 1.82. The quantitative estimate of drug-likeness (QED) is 0.534. The fourth-order valence-electron chi connectivity index (χ4n) is 1.48. The average molecular weight is 156 g/mol. The second-order valence-corrected chi connectivity index (χ2v) is 7.14. The third-order valence-corrected chi connectivity index (χ3v) is 3.67. The molecule has 0 fully saturated rings. The van der Waals surface area contributed by atoms with Gasteiger partial charge in [-0.1, -0.05) is 44.3 Å². The van der Waals surface area contributed by atoms with Gasteiger partial charge in [-0.25, -0.2) is 0 Å². The maximum absolute atomic E-state index is 2.45. The van der Waals surface area contributed by atoms with Crippen LogP contribution < -0.4 is 0 Å². The van der Waals surface area contributed by atoms with Gasteiger partial charge in [-0.2, -0.15) is 0 Å². The van der Waals surface area contributed by atoms with Crippen molar-refractivity contribution in [2.45, 2.75) is 50.0 Å². The van der Waals surface area contributed by atoms with Crippen molar-refractivity contribution in [2.75, 3.05) is 0 Å². The van der Waals surface area contributed by atoms with Gasteiger partial charge in [0.2, 0.25) is 0 Å². The van der Waals surface area contributed by atoms with Crippen molar-refractivity contribution >= 4 is 14.1 Å². The van der Waals surface area contributed by atoms with E-state index < -0.39 is 0 Å². The van der Waals surface area contributed by atoms with Crippen LogP contribution in [0.25, 0.3) is 0 Å². The molecule has 0 aliphatic carbocycles. The summed E-state index contributed by atoms with van der Waals surface area (Å²) in [5.74, 6) is 5.90. The lowest BCUT2D eigenvalue weighted by Gasteiger charge is -2.09. The largest absolute Gasteiger partial charge is 0.255 e. The van der Waals surface area contributed by atoms with E-state index in [2.05, 4.69) is 25.4 Å². The van der Waals surface area contributed by atoms with E-state index in [1.807, 2.05) is 0 Å². The van der Waals surface area contributed by atoms with Crippen molar-refractivity contribution in [3.63, 3.8) is 0 Å². The van der Waals surface area contributed by atoms with Gasteiger partial charge in [0.1, 0.15) is 0 Å². The molecule has 1 unspecified atom stereocenters. The molecule has 0 nitrogen and oxygen atoms in total. The van der Waals surface area contributed by atoms with E-state index in [1.54, 1.807) is 5.28 Å². The van der Waals surface area contributed by atoms with Crippen LogP contribution >= 0.6 is 0 Å². The van der Waals surface area contributed by atoms with Gasteiger partial charge in [0.25, 0.3) is 14.1 Å². The lowest BCUT2D eigenvalue weighted by Crippen LogP contribution is -2.06. The predicted octanol–water partition coefficient (Wildman–Crippen LogP) is 3.57. The highest BCUT2D eigenvalue weighted by Crippen LogP contribution is 2.14. The van der Waals surface area contributed by atoms with Crippen LogP contribution in [0.2, 0.25) is 16.9 Å². The number of rotatable bonds is 5. The van der Waals surface area contributed by atoms with Crippen LogP contribution in [-0.4, -0.2) is 14.1 Å². The molecule has 0 aliphatic rings. The van der Waals surface area contributed by atoms with Gasteiger partial charge >= 0.3 is 0 Å². The van der Waals surface area contributed by atoms with Crippen LogP contribution in [0.15, 0.2) is 0 Å². The maximum Gasteiger partial charge on any atom is 0.255 e. The summed E-state index contributed by atoms with van der Waals surface area (Å²) in [5.41, 5.74) is 0. The molecule has 60 valence electrons. The fraction of sp³-hybridized carbons (Fsp3) is 1.00. The Morgan fingerprint density at radius 1 is 1.30 bits per heavy atom. The summed E-state index contributed by atoms with van der Waals surface area (Å²) in [6, 6.07) is 0. The smallest absolute Gasteiger partial charge is 0.106 e. The fourth-order valence-corrected chi connectivity index (χ4v) is 3.32. The topological polar surface area (TPSA) is 0 Å². The molecular weight excluding hydrogens is 135 g/mol. The summed E-state index contributed by atoms with van der Waals surface area (Å²) in [7, 11) is 0. The first-order valence-electron chi connectivity index (χ1n) is 4.66. The van der Waals surface area contributed by atoms with E-state index in [0.717, 1.165) is 5.92 Å². The second-order valence-electron chi connectivity index (χ2n) is 3.88. The first-order chi connectivity index (χ1) is 4.66. The molecule has 1 heteroatoms. The zero-order chi connectivity index (χ0) is 7.98. The summed E-state index contributed by atoms with van der Waals surface area (Å²) < 4.78 is 0. The molecule has 0 aromatic carbocycles. The molecule has 0 amide bonds. The summed E-state index contributed by atoms with van der Waals surface area (Å²) in [4.78, 5) is 0. The van der Waals surface area contributed by atoms with Crippen LogP contribution in [0.5, 0.6) is 0 Å². The standard InChI is InChI=1S/C7H15.2CH3.Al/c1-4-5-6-7(2)3;;;/h7H,2,4-6H2,1,3H3;2*1H3;. The van der Waals surface area contributed by atoms with Gasteiger partial charge in [-0.3, -0.25) is 0 Å². The predicted molar refractivity (Wildman–Crippen MR) is 51.0 cm³/mol. The summed E-state index contributed by atoms with van der Waals surface area (Å²) >= 11 is -0.271. The molecule has 0 rings (SSSR count). The van der Waals surface area contributed by atoms with Gasteiger partial charge in [0.15, 0.2) is 0 Å².